The molecule has 0 heterocycles. The lowest BCUT2D eigenvalue weighted by molar-refractivity contribution is 0.448. The predicted molar refractivity (Wildman–Crippen MR) is 63.4 cm³/mol. The molecule has 84 valence electrons. The van der Waals surface area contributed by atoms with Crippen molar-refractivity contribution in [1.82, 2.24) is 0 Å². The van der Waals surface area contributed by atoms with Gasteiger partial charge < -0.3 is 15.9 Å². The van der Waals surface area contributed by atoms with Gasteiger partial charge in [-0.05, 0) is 31.0 Å². The highest BCUT2D eigenvalue weighted by molar-refractivity contribution is 5.85. The van der Waals surface area contributed by atoms with Crippen molar-refractivity contribution in [2.24, 2.45) is 5.73 Å². The SMILES string of the molecule is C=C(C)C[C@H](N)c1cc(O)cc(O)c1.Cl. The molecule has 0 aliphatic heterocycles. The number of phenolic OH excluding ortho intramolecular Hbond substituents is 2. The molecule has 0 aliphatic carbocycles. The van der Waals surface area contributed by atoms with Crippen molar-refractivity contribution < 1.29 is 10.2 Å². The van der Waals surface area contributed by atoms with Crippen LogP contribution in [0.1, 0.15) is 24.9 Å². The number of benzene rings is 1. The van der Waals surface area contributed by atoms with Crippen molar-refractivity contribution in [1.29, 1.82) is 0 Å². The summed E-state index contributed by atoms with van der Waals surface area (Å²) in [5, 5.41) is 18.5. The Morgan fingerprint density at radius 3 is 2.20 bits per heavy atom. The second kappa shape index (κ2) is 5.63. The fraction of sp³-hybridized carbons (Fsp3) is 0.273. The Kier molecular flexibility index (Phi) is 5.19. The van der Waals surface area contributed by atoms with E-state index < -0.39 is 0 Å². The molecule has 4 N–H and O–H groups in total. The molecule has 0 amide bonds. The third kappa shape index (κ3) is 4.23. The second-order valence-corrected chi connectivity index (χ2v) is 3.55. The van der Waals surface area contributed by atoms with Crippen LogP contribution < -0.4 is 5.73 Å². The van der Waals surface area contributed by atoms with Gasteiger partial charge in [0.25, 0.3) is 0 Å². The van der Waals surface area contributed by atoms with Crippen LogP contribution in [0.4, 0.5) is 0 Å². The Labute approximate surface area is 95.6 Å². The van der Waals surface area contributed by atoms with Crippen LogP contribution in [0.3, 0.4) is 0 Å². The van der Waals surface area contributed by atoms with Crippen LogP contribution in [0.25, 0.3) is 0 Å². The molecule has 15 heavy (non-hydrogen) atoms. The normalized spacial score (nSPS) is 11.6. The standard InChI is InChI=1S/C11H15NO2.ClH/c1-7(2)3-11(12)8-4-9(13)6-10(14)5-8;/h4-6,11,13-14H,1,3,12H2,2H3;1H/t11-;/m0./s1. The maximum atomic E-state index is 9.24. The molecule has 1 aromatic carbocycles. The van der Waals surface area contributed by atoms with Crippen molar-refractivity contribution in [3.8, 4) is 11.5 Å². The fourth-order valence-corrected chi connectivity index (χ4v) is 1.33. The third-order valence-electron chi connectivity index (χ3n) is 1.92. The van der Waals surface area contributed by atoms with E-state index in [1.165, 1.54) is 6.07 Å². The average molecular weight is 230 g/mol. The maximum absolute atomic E-state index is 9.24. The van der Waals surface area contributed by atoms with Gasteiger partial charge in [-0.1, -0.05) is 5.57 Å². The zero-order valence-electron chi connectivity index (χ0n) is 8.60. The topological polar surface area (TPSA) is 66.5 Å². The lowest BCUT2D eigenvalue weighted by Gasteiger charge is -2.12. The van der Waals surface area contributed by atoms with E-state index in [-0.39, 0.29) is 29.9 Å². The molecule has 3 nitrogen and oxygen atoms in total. The minimum Gasteiger partial charge on any atom is -0.508 e. The molecule has 0 aliphatic rings. The van der Waals surface area contributed by atoms with Gasteiger partial charge in [0, 0.05) is 12.1 Å². The van der Waals surface area contributed by atoms with Crippen molar-refractivity contribution in [2.75, 3.05) is 0 Å². The molecule has 0 unspecified atom stereocenters. The van der Waals surface area contributed by atoms with Crippen molar-refractivity contribution in [3.05, 3.63) is 35.9 Å². The first-order chi connectivity index (χ1) is 6.49. The average Bonchev–Trinajstić information content (AvgIpc) is 2.00. The summed E-state index contributed by atoms with van der Waals surface area (Å²) in [7, 11) is 0. The Morgan fingerprint density at radius 2 is 1.80 bits per heavy atom. The molecular weight excluding hydrogens is 214 g/mol. The molecular formula is C11H16ClNO2. The summed E-state index contributed by atoms with van der Waals surface area (Å²) >= 11 is 0. The van der Waals surface area contributed by atoms with Crippen molar-refractivity contribution in [2.45, 2.75) is 19.4 Å². The van der Waals surface area contributed by atoms with Crippen LogP contribution in [-0.4, -0.2) is 10.2 Å². The first kappa shape index (κ1) is 13.8. The summed E-state index contributed by atoms with van der Waals surface area (Å²) in [5.41, 5.74) is 7.54. The highest BCUT2D eigenvalue weighted by atomic mass is 35.5. The number of phenols is 2. The Hall–Kier alpha value is -1.19. The molecule has 0 bridgehead atoms. The molecule has 0 aromatic heterocycles. The van der Waals surface area contributed by atoms with Gasteiger partial charge in [-0.15, -0.1) is 19.0 Å². The first-order valence-electron chi connectivity index (χ1n) is 4.42. The van der Waals surface area contributed by atoms with Gasteiger partial charge in [0.1, 0.15) is 11.5 Å². The summed E-state index contributed by atoms with van der Waals surface area (Å²) in [6, 6.07) is 4.14. The number of halogens is 1. The van der Waals surface area contributed by atoms with E-state index in [0.717, 1.165) is 5.57 Å². The minimum absolute atomic E-state index is 0. The van der Waals surface area contributed by atoms with Gasteiger partial charge >= 0.3 is 0 Å². The highest BCUT2D eigenvalue weighted by Crippen LogP contribution is 2.26. The number of hydrogen-bond acceptors (Lipinski definition) is 3. The Balaban J connectivity index is 0.00000196. The number of nitrogens with two attached hydrogens (primary N) is 1. The third-order valence-corrected chi connectivity index (χ3v) is 1.92. The van der Waals surface area contributed by atoms with Crippen LogP contribution >= 0.6 is 12.4 Å². The van der Waals surface area contributed by atoms with Gasteiger partial charge in [-0.3, -0.25) is 0 Å². The summed E-state index contributed by atoms with van der Waals surface area (Å²) < 4.78 is 0. The van der Waals surface area contributed by atoms with Crippen LogP contribution in [0, 0.1) is 0 Å². The molecule has 0 spiro atoms. The van der Waals surface area contributed by atoms with E-state index in [4.69, 9.17) is 5.73 Å². The molecule has 1 rings (SSSR count). The largest absolute Gasteiger partial charge is 0.508 e. The van der Waals surface area contributed by atoms with E-state index >= 15 is 0 Å². The van der Waals surface area contributed by atoms with E-state index in [1.807, 2.05) is 6.92 Å². The summed E-state index contributed by atoms with van der Waals surface area (Å²) in [6.07, 6.45) is 0.642. The molecule has 4 heteroatoms. The van der Waals surface area contributed by atoms with Gasteiger partial charge in [0.2, 0.25) is 0 Å². The number of rotatable bonds is 3. The zero-order valence-corrected chi connectivity index (χ0v) is 9.42. The van der Waals surface area contributed by atoms with Crippen LogP contribution in [0.5, 0.6) is 11.5 Å². The van der Waals surface area contributed by atoms with Gasteiger partial charge in [0.15, 0.2) is 0 Å². The zero-order chi connectivity index (χ0) is 10.7. The molecule has 0 fully saturated rings. The van der Waals surface area contributed by atoms with Crippen LogP contribution in [0.2, 0.25) is 0 Å². The highest BCUT2D eigenvalue weighted by Gasteiger charge is 2.08. The van der Waals surface area contributed by atoms with Crippen molar-refractivity contribution in [3.63, 3.8) is 0 Å². The molecule has 0 radical (unpaired) electrons. The monoisotopic (exact) mass is 229 g/mol. The van der Waals surface area contributed by atoms with E-state index in [2.05, 4.69) is 6.58 Å². The number of aromatic hydroxyl groups is 2. The van der Waals surface area contributed by atoms with Crippen LogP contribution in [0.15, 0.2) is 30.4 Å². The first-order valence-corrected chi connectivity index (χ1v) is 4.42. The fourth-order valence-electron chi connectivity index (χ4n) is 1.33. The lowest BCUT2D eigenvalue weighted by atomic mass is 10.0. The van der Waals surface area contributed by atoms with Crippen molar-refractivity contribution >= 4 is 12.4 Å². The molecule has 0 saturated carbocycles. The minimum atomic E-state index is -0.231. The summed E-state index contributed by atoms with van der Waals surface area (Å²) in [6.45, 7) is 5.65. The molecule has 0 saturated heterocycles. The lowest BCUT2D eigenvalue weighted by Crippen LogP contribution is -2.10. The second-order valence-electron chi connectivity index (χ2n) is 3.55. The smallest absolute Gasteiger partial charge is 0.119 e. The van der Waals surface area contributed by atoms with Gasteiger partial charge in [-0.2, -0.15) is 0 Å². The summed E-state index contributed by atoms with van der Waals surface area (Å²) in [5.74, 6) is 0.0503. The summed E-state index contributed by atoms with van der Waals surface area (Å²) in [4.78, 5) is 0. The quantitative estimate of drug-likeness (QED) is 0.698. The maximum Gasteiger partial charge on any atom is 0.119 e. The van der Waals surface area contributed by atoms with Crippen LogP contribution in [-0.2, 0) is 0 Å². The Bertz CT molecular complexity index is 332. The van der Waals surface area contributed by atoms with E-state index in [0.29, 0.717) is 12.0 Å². The molecule has 1 atom stereocenters. The van der Waals surface area contributed by atoms with E-state index in [1.54, 1.807) is 12.1 Å². The van der Waals surface area contributed by atoms with E-state index in [9.17, 15) is 10.2 Å². The number of hydrogen-bond donors (Lipinski definition) is 3. The van der Waals surface area contributed by atoms with Gasteiger partial charge in [0.05, 0.1) is 0 Å². The Morgan fingerprint density at radius 1 is 1.33 bits per heavy atom. The van der Waals surface area contributed by atoms with Gasteiger partial charge in [-0.25, -0.2) is 0 Å². The predicted octanol–water partition coefficient (Wildman–Crippen LogP) is 2.49. The molecule has 1 aromatic rings.